The van der Waals surface area contributed by atoms with E-state index < -0.39 is 0 Å². The molecule has 0 aliphatic carbocycles. The molecule has 0 saturated carbocycles. The highest BCUT2D eigenvalue weighted by Gasteiger charge is 1.54. The van der Waals surface area contributed by atoms with E-state index in [2.05, 4.69) is 28.6 Å². The molecular formula is C3H5BrS. The largest absolute Gasteiger partial charge is 0.175 e. The monoisotopic (exact) mass is 152 g/mol. The third-order valence-corrected chi connectivity index (χ3v) is 0.779. The molecule has 0 heterocycles. The van der Waals surface area contributed by atoms with Crippen LogP contribution in [0.1, 0.15) is 0 Å². The van der Waals surface area contributed by atoms with Crippen LogP contribution in [-0.4, -0.2) is 5.75 Å². The Morgan fingerprint density at radius 1 is 1.80 bits per heavy atom. The van der Waals surface area contributed by atoms with Gasteiger partial charge in [0.25, 0.3) is 0 Å². The van der Waals surface area contributed by atoms with Crippen molar-refractivity contribution in [3.05, 3.63) is 11.1 Å². The molecule has 0 aromatic heterocycles. The first-order chi connectivity index (χ1) is 2.41. The maximum atomic E-state index is 3.88. The minimum atomic E-state index is 0.811. The molecular weight excluding hydrogens is 148 g/mol. The third kappa shape index (κ3) is 4.57. The van der Waals surface area contributed by atoms with Crippen LogP contribution in [0.25, 0.3) is 0 Å². The van der Waals surface area contributed by atoms with Gasteiger partial charge in [-0.05, 0) is 4.99 Å². The molecule has 2 heteroatoms. The highest BCUT2D eigenvalue weighted by Crippen LogP contribution is 1.82. The van der Waals surface area contributed by atoms with E-state index in [-0.39, 0.29) is 0 Å². The second-order valence-corrected chi connectivity index (χ2v) is 1.44. The molecule has 0 bridgehead atoms. The molecule has 0 aliphatic heterocycles. The van der Waals surface area contributed by atoms with Gasteiger partial charge in [-0.3, -0.25) is 0 Å². The summed E-state index contributed by atoms with van der Waals surface area (Å²) in [5.41, 5.74) is 0. The predicted octanol–water partition coefficient (Wildman–Crippen LogP) is 1.82. The lowest BCUT2D eigenvalue weighted by Gasteiger charge is -1.63. The average molecular weight is 153 g/mol. The fraction of sp³-hybridized carbons (Fsp3) is 0.333. The summed E-state index contributed by atoms with van der Waals surface area (Å²) in [7, 11) is 0. The molecule has 0 aromatic carbocycles. The number of thiol groups is 1. The van der Waals surface area contributed by atoms with Crippen molar-refractivity contribution in [1.29, 1.82) is 0 Å². The third-order valence-electron chi connectivity index (χ3n) is 0.194. The van der Waals surface area contributed by atoms with Crippen LogP contribution in [0.2, 0.25) is 0 Å². The molecule has 0 spiro atoms. The van der Waals surface area contributed by atoms with Gasteiger partial charge >= 0.3 is 0 Å². The molecule has 0 unspecified atom stereocenters. The van der Waals surface area contributed by atoms with E-state index in [0.29, 0.717) is 0 Å². The quantitative estimate of drug-likeness (QED) is 0.546. The molecule has 0 fully saturated rings. The van der Waals surface area contributed by atoms with E-state index in [0.717, 1.165) is 5.75 Å². The molecule has 0 aliphatic rings. The summed E-state index contributed by atoms with van der Waals surface area (Å²) < 4.78 is 0. The van der Waals surface area contributed by atoms with Crippen LogP contribution < -0.4 is 0 Å². The summed E-state index contributed by atoms with van der Waals surface area (Å²) in [4.78, 5) is 1.79. The van der Waals surface area contributed by atoms with Gasteiger partial charge in [0.15, 0.2) is 0 Å². The second-order valence-electron chi connectivity index (χ2n) is 0.544. The van der Waals surface area contributed by atoms with Gasteiger partial charge in [-0.15, -0.1) is 0 Å². The smallest absolute Gasteiger partial charge is 0.00907 e. The predicted molar refractivity (Wildman–Crippen MR) is 31.9 cm³/mol. The van der Waals surface area contributed by atoms with Crippen LogP contribution in [0.4, 0.5) is 0 Å². The summed E-state index contributed by atoms with van der Waals surface area (Å²) in [6, 6.07) is 0. The lowest BCUT2D eigenvalue weighted by molar-refractivity contribution is 1.84. The first kappa shape index (κ1) is 5.57. The summed E-state index contributed by atoms with van der Waals surface area (Å²) in [6.45, 7) is 0. The fourth-order valence-corrected chi connectivity index (χ4v) is 0.621. The molecule has 0 atom stereocenters. The summed E-state index contributed by atoms with van der Waals surface area (Å²) in [6.07, 6.45) is 1.91. The zero-order valence-electron chi connectivity index (χ0n) is 2.69. The Hall–Kier alpha value is 0.570. The van der Waals surface area contributed by atoms with Gasteiger partial charge in [-0.2, -0.15) is 12.6 Å². The Balaban J connectivity index is 2.62. The zero-order valence-corrected chi connectivity index (χ0v) is 5.17. The number of hydrogen-bond donors (Lipinski definition) is 1. The maximum absolute atomic E-state index is 3.88. The van der Waals surface area contributed by atoms with E-state index in [1.807, 2.05) is 6.08 Å². The van der Waals surface area contributed by atoms with Gasteiger partial charge in [0.2, 0.25) is 0 Å². The highest BCUT2D eigenvalue weighted by molar-refractivity contribution is 9.11. The minimum Gasteiger partial charge on any atom is -0.175 e. The Kier molecular flexibility index (Phi) is 5.09. The van der Waals surface area contributed by atoms with Crippen molar-refractivity contribution in [1.82, 2.24) is 0 Å². The summed E-state index contributed by atoms with van der Waals surface area (Å²) in [5.74, 6) is 0.811. The first-order valence-electron chi connectivity index (χ1n) is 1.28. The zero-order chi connectivity index (χ0) is 4.12. The topological polar surface area (TPSA) is 0 Å². The molecule has 0 rings (SSSR count). The minimum absolute atomic E-state index is 0.811. The molecule has 0 N–H and O–H groups in total. The van der Waals surface area contributed by atoms with Gasteiger partial charge in [-0.25, -0.2) is 0 Å². The van der Waals surface area contributed by atoms with Crippen LogP contribution >= 0.6 is 28.6 Å². The second kappa shape index (κ2) is 4.57. The van der Waals surface area contributed by atoms with Crippen LogP contribution in [0.15, 0.2) is 11.1 Å². The van der Waals surface area contributed by atoms with E-state index >= 15 is 0 Å². The number of hydrogen-bond acceptors (Lipinski definition) is 1. The van der Waals surface area contributed by atoms with E-state index in [9.17, 15) is 0 Å². The van der Waals surface area contributed by atoms with Gasteiger partial charge in [0.05, 0.1) is 0 Å². The standard InChI is InChI=1S/C3H5BrS/c4-2-1-3-5/h1-2,5H,3H2/b2-1+. The van der Waals surface area contributed by atoms with Crippen molar-refractivity contribution in [2.24, 2.45) is 0 Å². The molecule has 0 aromatic rings. The molecule has 5 heavy (non-hydrogen) atoms. The van der Waals surface area contributed by atoms with E-state index in [4.69, 9.17) is 0 Å². The Morgan fingerprint density at radius 3 is 2.40 bits per heavy atom. The first-order valence-corrected chi connectivity index (χ1v) is 2.82. The van der Waals surface area contributed by atoms with Gasteiger partial charge < -0.3 is 0 Å². The summed E-state index contributed by atoms with van der Waals surface area (Å²) in [5, 5.41) is 0. The molecule has 0 nitrogen and oxygen atoms in total. The van der Waals surface area contributed by atoms with Crippen molar-refractivity contribution < 1.29 is 0 Å². The van der Waals surface area contributed by atoms with Gasteiger partial charge in [0.1, 0.15) is 0 Å². The Labute approximate surface area is 45.8 Å². The lowest BCUT2D eigenvalue weighted by atomic mass is 10.8. The van der Waals surface area contributed by atoms with Crippen molar-refractivity contribution in [2.45, 2.75) is 0 Å². The van der Waals surface area contributed by atoms with E-state index in [1.165, 1.54) is 0 Å². The highest BCUT2D eigenvalue weighted by atomic mass is 79.9. The van der Waals surface area contributed by atoms with Crippen molar-refractivity contribution in [3.63, 3.8) is 0 Å². The molecule has 0 amide bonds. The van der Waals surface area contributed by atoms with Crippen LogP contribution in [0.5, 0.6) is 0 Å². The number of halogens is 1. The SMILES string of the molecule is SC/C=C/Br. The Morgan fingerprint density at radius 2 is 2.40 bits per heavy atom. The van der Waals surface area contributed by atoms with Crippen LogP contribution in [0, 0.1) is 0 Å². The molecule has 30 valence electrons. The fourth-order valence-electron chi connectivity index (χ4n) is 0.0398. The van der Waals surface area contributed by atoms with Crippen LogP contribution in [0.3, 0.4) is 0 Å². The lowest BCUT2D eigenvalue weighted by Crippen LogP contribution is -1.49. The van der Waals surface area contributed by atoms with Crippen LogP contribution in [-0.2, 0) is 0 Å². The normalized spacial score (nSPS) is 10.0. The maximum Gasteiger partial charge on any atom is 0.00907 e. The van der Waals surface area contributed by atoms with Gasteiger partial charge in [0, 0.05) is 5.75 Å². The van der Waals surface area contributed by atoms with Gasteiger partial charge in [-0.1, -0.05) is 22.0 Å². The van der Waals surface area contributed by atoms with E-state index in [1.54, 1.807) is 4.99 Å². The van der Waals surface area contributed by atoms with Crippen molar-refractivity contribution in [2.75, 3.05) is 5.75 Å². The Bertz CT molecular complexity index is 33.9. The van der Waals surface area contributed by atoms with Crippen molar-refractivity contribution in [3.8, 4) is 0 Å². The average Bonchev–Trinajstić information content (AvgIpc) is 1.41. The number of rotatable bonds is 1. The molecule has 0 radical (unpaired) electrons. The molecule has 0 saturated heterocycles. The summed E-state index contributed by atoms with van der Waals surface area (Å²) >= 11 is 6.96. The van der Waals surface area contributed by atoms with Crippen molar-refractivity contribution >= 4 is 28.6 Å².